The van der Waals surface area contributed by atoms with Crippen molar-refractivity contribution in [1.29, 1.82) is 0 Å². The number of nitrogens with two attached hydrogens (primary N) is 1. The van der Waals surface area contributed by atoms with E-state index in [0.717, 1.165) is 17.9 Å². The number of oxazole rings is 1. The SMILES string of the molecule is CCNC(=NCc1cccc(C(N)=O)c1)NCc1ncc(C(C)(C)C)o1. The molecule has 4 N–H and O–H groups in total. The molecule has 0 aliphatic heterocycles. The Bertz CT molecular complexity index is 774. The predicted octanol–water partition coefficient (Wildman–Crippen LogP) is 2.33. The van der Waals surface area contributed by atoms with Gasteiger partial charge in [0, 0.05) is 17.5 Å². The van der Waals surface area contributed by atoms with Crippen LogP contribution >= 0.6 is 0 Å². The van der Waals surface area contributed by atoms with Gasteiger partial charge < -0.3 is 20.8 Å². The van der Waals surface area contributed by atoms with Crippen molar-refractivity contribution in [2.24, 2.45) is 10.7 Å². The smallest absolute Gasteiger partial charge is 0.248 e. The van der Waals surface area contributed by atoms with E-state index in [1.165, 1.54) is 0 Å². The zero-order chi connectivity index (χ0) is 19.2. The minimum absolute atomic E-state index is 0.0741. The number of carbonyl (C=O) groups excluding carboxylic acids is 1. The standard InChI is InChI=1S/C19H27N5O2/c1-5-21-18(23-10-13-7-6-8-14(9-13)17(20)25)24-12-16-22-11-15(26-16)19(2,3)4/h6-9,11H,5,10,12H2,1-4H3,(H2,20,25)(H2,21,23,24). The Labute approximate surface area is 154 Å². The molecule has 1 amide bonds. The number of guanidine groups is 1. The maximum absolute atomic E-state index is 11.3. The first-order valence-corrected chi connectivity index (χ1v) is 8.65. The summed E-state index contributed by atoms with van der Waals surface area (Å²) in [5, 5.41) is 6.38. The van der Waals surface area contributed by atoms with E-state index >= 15 is 0 Å². The van der Waals surface area contributed by atoms with Gasteiger partial charge in [-0.3, -0.25) is 4.79 Å². The normalized spacial score (nSPS) is 12.1. The van der Waals surface area contributed by atoms with Crippen LogP contribution in [0.15, 0.2) is 39.9 Å². The maximum Gasteiger partial charge on any atom is 0.248 e. The lowest BCUT2D eigenvalue weighted by atomic mass is 9.94. The summed E-state index contributed by atoms with van der Waals surface area (Å²) in [6, 6.07) is 7.14. The van der Waals surface area contributed by atoms with Crippen molar-refractivity contribution in [2.45, 2.75) is 46.2 Å². The van der Waals surface area contributed by atoms with E-state index in [1.54, 1.807) is 24.4 Å². The van der Waals surface area contributed by atoms with Crippen LogP contribution in [0.3, 0.4) is 0 Å². The largest absolute Gasteiger partial charge is 0.443 e. The Kier molecular flexibility index (Phi) is 6.38. The van der Waals surface area contributed by atoms with Crippen LogP contribution in [-0.2, 0) is 18.5 Å². The van der Waals surface area contributed by atoms with E-state index in [4.69, 9.17) is 10.2 Å². The highest BCUT2D eigenvalue weighted by Gasteiger charge is 2.19. The van der Waals surface area contributed by atoms with Crippen molar-refractivity contribution >= 4 is 11.9 Å². The zero-order valence-corrected chi connectivity index (χ0v) is 15.8. The lowest BCUT2D eigenvalue weighted by Gasteiger charge is -2.13. The highest BCUT2D eigenvalue weighted by Crippen LogP contribution is 2.22. The van der Waals surface area contributed by atoms with Gasteiger partial charge in [0.1, 0.15) is 5.76 Å². The molecule has 0 atom stereocenters. The first kappa shape index (κ1) is 19.5. The fraction of sp³-hybridized carbons (Fsp3) is 0.421. The highest BCUT2D eigenvalue weighted by molar-refractivity contribution is 5.92. The summed E-state index contributed by atoms with van der Waals surface area (Å²) in [4.78, 5) is 20.1. The van der Waals surface area contributed by atoms with Crippen LogP contribution in [0.4, 0.5) is 0 Å². The number of aromatic nitrogens is 1. The molecule has 0 saturated carbocycles. The number of nitrogens with zero attached hydrogens (tertiary/aromatic N) is 2. The number of primary amides is 1. The molecule has 0 radical (unpaired) electrons. The monoisotopic (exact) mass is 357 g/mol. The maximum atomic E-state index is 11.3. The highest BCUT2D eigenvalue weighted by atomic mass is 16.4. The minimum atomic E-state index is -0.445. The second kappa shape index (κ2) is 8.51. The van der Waals surface area contributed by atoms with Crippen LogP contribution in [0.25, 0.3) is 0 Å². The molecule has 2 rings (SSSR count). The van der Waals surface area contributed by atoms with Crippen LogP contribution in [0.1, 0.15) is 55.3 Å². The van der Waals surface area contributed by atoms with E-state index in [-0.39, 0.29) is 5.41 Å². The Morgan fingerprint density at radius 3 is 2.69 bits per heavy atom. The fourth-order valence-corrected chi connectivity index (χ4v) is 2.23. The number of aliphatic imine (C=N–C) groups is 1. The molecule has 2 aromatic rings. The molecule has 140 valence electrons. The Hall–Kier alpha value is -2.83. The summed E-state index contributed by atoms with van der Waals surface area (Å²) in [6.07, 6.45) is 1.76. The van der Waals surface area contributed by atoms with Crippen molar-refractivity contribution in [3.8, 4) is 0 Å². The van der Waals surface area contributed by atoms with Gasteiger partial charge in [0.15, 0.2) is 5.96 Å². The van der Waals surface area contributed by atoms with Crippen LogP contribution in [0, 0.1) is 0 Å². The summed E-state index contributed by atoms with van der Waals surface area (Å²) >= 11 is 0. The number of carbonyl (C=O) groups is 1. The Morgan fingerprint density at radius 2 is 2.08 bits per heavy atom. The van der Waals surface area contributed by atoms with Crippen molar-refractivity contribution in [3.05, 3.63) is 53.2 Å². The van der Waals surface area contributed by atoms with Gasteiger partial charge in [-0.1, -0.05) is 32.9 Å². The van der Waals surface area contributed by atoms with E-state index in [1.807, 2.05) is 13.0 Å². The summed E-state index contributed by atoms with van der Waals surface area (Å²) < 4.78 is 5.77. The van der Waals surface area contributed by atoms with Crippen molar-refractivity contribution < 1.29 is 9.21 Å². The molecule has 0 fully saturated rings. The zero-order valence-electron chi connectivity index (χ0n) is 15.8. The van der Waals surface area contributed by atoms with E-state index < -0.39 is 5.91 Å². The van der Waals surface area contributed by atoms with E-state index in [2.05, 4.69) is 41.4 Å². The summed E-state index contributed by atoms with van der Waals surface area (Å²) in [5.41, 5.74) is 6.62. The van der Waals surface area contributed by atoms with Gasteiger partial charge in [0.25, 0.3) is 0 Å². The topological polar surface area (TPSA) is 106 Å². The van der Waals surface area contributed by atoms with E-state index in [0.29, 0.717) is 30.5 Å². The van der Waals surface area contributed by atoms with Crippen LogP contribution in [-0.4, -0.2) is 23.4 Å². The number of nitrogens with one attached hydrogen (secondary N) is 2. The number of rotatable bonds is 6. The molecule has 1 aromatic carbocycles. The third-order valence-electron chi connectivity index (χ3n) is 3.68. The van der Waals surface area contributed by atoms with Gasteiger partial charge >= 0.3 is 0 Å². The van der Waals surface area contributed by atoms with Crippen LogP contribution < -0.4 is 16.4 Å². The Morgan fingerprint density at radius 1 is 1.31 bits per heavy atom. The number of benzene rings is 1. The lowest BCUT2D eigenvalue weighted by Crippen LogP contribution is -2.36. The van der Waals surface area contributed by atoms with Crippen molar-refractivity contribution in [2.75, 3.05) is 6.54 Å². The van der Waals surface area contributed by atoms with Crippen molar-refractivity contribution in [3.63, 3.8) is 0 Å². The average molecular weight is 357 g/mol. The number of hydrogen-bond donors (Lipinski definition) is 3. The molecule has 0 aliphatic carbocycles. The molecular weight excluding hydrogens is 330 g/mol. The molecule has 0 bridgehead atoms. The molecule has 0 aliphatic rings. The molecule has 7 nitrogen and oxygen atoms in total. The molecule has 0 unspecified atom stereocenters. The molecule has 7 heteroatoms. The predicted molar refractivity (Wildman–Crippen MR) is 102 cm³/mol. The summed E-state index contributed by atoms with van der Waals surface area (Å²) in [6.45, 7) is 9.82. The lowest BCUT2D eigenvalue weighted by molar-refractivity contribution is 0.1000. The third kappa shape index (κ3) is 5.61. The Balaban J connectivity index is 2.01. The molecule has 1 aromatic heterocycles. The first-order valence-electron chi connectivity index (χ1n) is 8.65. The minimum Gasteiger partial charge on any atom is -0.443 e. The molecule has 0 saturated heterocycles. The van der Waals surface area contributed by atoms with E-state index in [9.17, 15) is 4.79 Å². The summed E-state index contributed by atoms with van der Waals surface area (Å²) in [7, 11) is 0. The van der Waals surface area contributed by atoms with Crippen LogP contribution in [0.2, 0.25) is 0 Å². The van der Waals surface area contributed by atoms with Gasteiger partial charge in [-0.05, 0) is 24.6 Å². The number of hydrogen-bond acceptors (Lipinski definition) is 4. The van der Waals surface area contributed by atoms with Crippen LogP contribution in [0.5, 0.6) is 0 Å². The second-order valence-electron chi connectivity index (χ2n) is 6.98. The van der Waals surface area contributed by atoms with Crippen molar-refractivity contribution in [1.82, 2.24) is 15.6 Å². The molecule has 26 heavy (non-hydrogen) atoms. The molecule has 1 heterocycles. The van der Waals surface area contributed by atoms with Gasteiger partial charge in [0.2, 0.25) is 11.8 Å². The van der Waals surface area contributed by atoms with Gasteiger partial charge in [0.05, 0.1) is 19.3 Å². The quantitative estimate of drug-likeness (QED) is 0.543. The van der Waals surface area contributed by atoms with Gasteiger partial charge in [-0.2, -0.15) is 0 Å². The first-order chi connectivity index (χ1) is 12.3. The second-order valence-corrected chi connectivity index (χ2v) is 6.98. The summed E-state index contributed by atoms with van der Waals surface area (Å²) in [5.74, 6) is 1.66. The van der Waals surface area contributed by atoms with Gasteiger partial charge in [-0.25, -0.2) is 9.98 Å². The molecular formula is C19H27N5O2. The average Bonchev–Trinajstić information content (AvgIpc) is 3.07. The molecule has 0 spiro atoms. The fourth-order valence-electron chi connectivity index (χ4n) is 2.23. The number of amides is 1. The third-order valence-corrected chi connectivity index (χ3v) is 3.68. The van der Waals surface area contributed by atoms with Gasteiger partial charge in [-0.15, -0.1) is 0 Å².